The van der Waals surface area contributed by atoms with Crippen LogP contribution in [0.25, 0.3) is 22.3 Å². The van der Waals surface area contributed by atoms with Gasteiger partial charge in [-0.1, -0.05) is 80.9 Å². The van der Waals surface area contributed by atoms with E-state index in [1.165, 1.54) is 23.8 Å². The molecule has 14 nitrogen and oxygen atoms in total. The molecule has 1 aromatic heterocycles. The molecule has 0 fully saturated rings. The van der Waals surface area contributed by atoms with Gasteiger partial charge in [-0.05, 0) is 71.3 Å². The van der Waals surface area contributed by atoms with E-state index in [0.717, 1.165) is 30.4 Å². The molecule has 0 unspecified atom stereocenters. The number of imidazole rings is 1. The zero-order valence-corrected chi connectivity index (χ0v) is 38.6. The Kier molecular flexibility index (Phi) is 17.7. The number of ether oxygens (including phenoxy) is 2. The molecule has 2 heterocycles. The number of nitrogens with zero attached hydrogens (tertiary/aromatic N) is 3. The van der Waals surface area contributed by atoms with Crippen molar-refractivity contribution in [2.45, 2.75) is 83.7 Å². The van der Waals surface area contributed by atoms with Crippen molar-refractivity contribution in [2.75, 3.05) is 33.4 Å². The maximum Gasteiger partial charge on any atom is 0.227 e. The van der Waals surface area contributed by atoms with Gasteiger partial charge in [0.05, 0.1) is 24.4 Å². The molecule has 0 aliphatic carbocycles. The van der Waals surface area contributed by atoms with Crippen LogP contribution in [0.3, 0.4) is 0 Å². The number of aromatic amines is 1. The number of nitrogens with two attached hydrogens (primary N) is 2. The summed E-state index contributed by atoms with van der Waals surface area (Å²) in [5.41, 5.74) is 18.3. The predicted molar refractivity (Wildman–Crippen MR) is 256 cm³/mol. The topological polar surface area (TPSA) is 224 Å². The van der Waals surface area contributed by atoms with Crippen LogP contribution in [0.4, 0.5) is 0 Å². The van der Waals surface area contributed by atoms with Crippen LogP contribution in [0, 0.1) is 23.2 Å². The van der Waals surface area contributed by atoms with Crippen molar-refractivity contribution in [3.05, 3.63) is 125 Å². The minimum Gasteiger partial charge on any atom is -0.492 e. The number of Topliss-reactive ketones (excluding diaryl/α,β-unsaturated/α-hetero) is 3. The number of nitriles is 1. The summed E-state index contributed by atoms with van der Waals surface area (Å²) in [7, 11) is 1.53. The smallest absolute Gasteiger partial charge is 0.227 e. The average Bonchev–Trinajstić information content (AvgIpc) is 3.86. The fourth-order valence-electron chi connectivity index (χ4n) is 8.47. The normalized spacial score (nSPS) is 16.5. The van der Waals surface area contributed by atoms with E-state index in [0.29, 0.717) is 45.0 Å². The molecule has 4 atom stereocenters. The van der Waals surface area contributed by atoms with Gasteiger partial charge < -0.3 is 36.1 Å². The van der Waals surface area contributed by atoms with E-state index in [4.69, 9.17) is 20.9 Å². The molecule has 0 spiro atoms. The second-order valence-corrected chi connectivity index (χ2v) is 17.2. The Morgan fingerprint density at radius 2 is 1.55 bits per heavy atom. The van der Waals surface area contributed by atoms with Crippen molar-refractivity contribution in [1.29, 1.82) is 5.26 Å². The summed E-state index contributed by atoms with van der Waals surface area (Å²) in [6.45, 7) is 4.56. The molecule has 1 aliphatic heterocycles. The zero-order chi connectivity index (χ0) is 47.9. The lowest BCUT2D eigenvalue weighted by Crippen LogP contribution is -2.46. The van der Waals surface area contributed by atoms with Crippen LogP contribution in [0.2, 0.25) is 0 Å². The van der Waals surface area contributed by atoms with Gasteiger partial charge in [-0.25, -0.2) is 4.98 Å². The summed E-state index contributed by atoms with van der Waals surface area (Å²) in [4.78, 5) is 80.0. The number of likely N-dealkylation sites (N-methyl/N-ethyl adjacent to an activating group) is 1. The Balaban J connectivity index is 1.39. The van der Waals surface area contributed by atoms with Crippen LogP contribution >= 0.6 is 0 Å². The third-order valence-electron chi connectivity index (χ3n) is 12.1. The van der Waals surface area contributed by atoms with Crippen molar-refractivity contribution in [2.24, 2.45) is 23.3 Å². The number of unbranched alkanes of at least 4 members (excludes halogenated alkanes) is 1. The zero-order valence-electron chi connectivity index (χ0n) is 38.6. The average molecular weight is 908 g/mol. The first-order chi connectivity index (χ1) is 32.4. The lowest BCUT2D eigenvalue weighted by Gasteiger charge is -2.32. The molecule has 67 heavy (non-hydrogen) atoms. The fraction of sp³-hybridized carbons (Fsp3) is 0.377. The number of hydrogen-bond acceptors (Lipinski definition) is 11. The van der Waals surface area contributed by atoms with E-state index in [1.54, 1.807) is 55.6 Å². The molecule has 0 radical (unpaired) electrons. The maximum absolute atomic E-state index is 15.0. The van der Waals surface area contributed by atoms with E-state index in [-0.39, 0.29) is 76.4 Å². The summed E-state index contributed by atoms with van der Waals surface area (Å²) >= 11 is 0. The first-order valence-electron chi connectivity index (χ1n) is 23.1. The van der Waals surface area contributed by atoms with E-state index < -0.39 is 41.5 Å². The van der Waals surface area contributed by atoms with Crippen molar-refractivity contribution >= 4 is 29.2 Å². The molecular formula is C53H61N7O7. The quantitative estimate of drug-likeness (QED) is 0.0588. The van der Waals surface area contributed by atoms with Crippen molar-refractivity contribution in [3.63, 3.8) is 0 Å². The van der Waals surface area contributed by atoms with Gasteiger partial charge in [0.15, 0.2) is 17.3 Å². The van der Waals surface area contributed by atoms with Crippen molar-refractivity contribution in [1.82, 2.24) is 20.2 Å². The highest BCUT2D eigenvalue weighted by Gasteiger charge is 2.36. The number of benzene rings is 4. The maximum atomic E-state index is 15.0. The molecule has 6 N–H and O–H groups in total. The second kappa shape index (κ2) is 24.0. The molecule has 14 heteroatoms. The number of carbonyl (C=O) groups is 5. The number of carbonyl (C=O) groups excluding carboxylic acids is 5. The molecule has 4 bridgehead atoms. The Bertz CT molecular complexity index is 2530. The number of hydrogen-bond donors (Lipinski definition) is 4. The van der Waals surface area contributed by atoms with Crippen LogP contribution < -0.4 is 26.3 Å². The molecule has 5 aromatic rings. The lowest BCUT2D eigenvalue weighted by molar-refractivity contribution is -0.142. The molecule has 350 valence electrons. The van der Waals surface area contributed by atoms with E-state index in [1.807, 2.05) is 24.3 Å². The third kappa shape index (κ3) is 12.9. The Morgan fingerprint density at radius 3 is 2.18 bits per heavy atom. The SMILES string of the molecule is CCCCc1ccc(-c2ccc(C(=O)C[C@@H](Cc3cnc[nH]3)C(=O)N(C)[C@@H]3C(=O)C[C@@H](C)C(=O)N[C@H](C(=O)CCC#N)Cc4ccc(OCCN)c(c4)-c4cc3ccc4OCCN)cc2)cc1. The van der Waals surface area contributed by atoms with Gasteiger partial charge in [0.1, 0.15) is 30.8 Å². The van der Waals surface area contributed by atoms with Gasteiger partial charge in [0.2, 0.25) is 11.8 Å². The summed E-state index contributed by atoms with van der Waals surface area (Å²) in [5.74, 6) is -2.98. The van der Waals surface area contributed by atoms with E-state index in [9.17, 15) is 24.4 Å². The lowest BCUT2D eigenvalue weighted by atomic mass is 9.88. The van der Waals surface area contributed by atoms with Crippen LogP contribution in [-0.2, 0) is 38.4 Å². The number of nitrogens with one attached hydrogen (secondary N) is 2. The second-order valence-electron chi connectivity index (χ2n) is 17.2. The molecule has 6 rings (SSSR count). The molecule has 0 saturated heterocycles. The van der Waals surface area contributed by atoms with Gasteiger partial charge in [-0.2, -0.15) is 5.26 Å². The van der Waals surface area contributed by atoms with Gasteiger partial charge in [-0.15, -0.1) is 0 Å². The highest BCUT2D eigenvalue weighted by Crippen LogP contribution is 2.41. The molecule has 2 amide bonds. The van der Waals surface area contributed by atoms with Gasteiger partial charge in [0, 0.05) is 86.7 Å². The number of aromatic nitrogens is 2. The summed E-state index contributed by atoms with van der Waals surface area (Å²) in [6, 6.07) is 26.1. The van der Waals surface area contributed by atoms with E-state index >= 15 is 4.79 Å². The van der Waals surface area contributed by atoms with Crippen molar-refractivity contribution in [3.8, 4) is 39.8 Å². The van der Waals surface area contributed by atoms with Crippen LogP contribution in [-0.4, -0.2) is 83.4 Å². The number of H-pyrrole nitrogens is 1. The molecule has 0 saturated carbocycles. The van der Waals surface area contributed by atoms with Crippen LogP contribution in [0.5, 0.6) is 11.5 Å². The monoisotopic (exact) mass is 907 g/mol. The third-order valence-corrected chi connectivity index (χ3v) is 12.1. The number of fused-ring (bicyclic) bond motifs is 5. The largest absolute Gasteiger partial charge is 0.492 e. The van der Waals surface area contributed by atoms with Crippen molar-refractivity contribution < 1.29 is 33.4 Å². The summed E-state index contributed by atoms with van der Waals surface area (Å²) in [5, 5.41) is 12.1. The first-order valence-corrected chi connectivity index (χ1v) is 23.1. The minimum absolute atomic E-state index is 0.0273. The number of rotatable bonds is 20. The Morgan fingerprint density at radius 1 is 0.896 bits per heavy atom. The standard InChI is InChI=1S/C53H61N7O7/c1-4-5-7-35-9-12-37(13-10-35)38-14-16-39(17-15-38)47(62)31-41(29-42-32-57-33-58-42)53(65)60(3)51-40-18-20-50(67-25-23-56)44(30-40)43-27-36(11-19-49(43)66-24-22-55)28-45(46(61)8-6-21-54)59-52(64)34(2)26-48(51)63/h9-20,27,30,32-34,41,45,51H,4-8,22-26,28-29,31,55-56H2,1-3H3,(H,57,58)(H,59,64)/t34-,41-,45+,51+/m1/s1. The van der Waals surface area contributed by atoms with Crippen LogP contribution in [0.15, 0.2) is 97.5 Å². The minimum atomic E-state index is -1.23. The Labute approximate surface area is 392 Å². The van der Waals surface area contributed by atoms with Crippen LogP contribution in [0.1, 0.15) is 91.2 Å². The first kappa shape index (κ1) is 49.5. The highest BCUT2D eigenvalue weighted by atomic mass is 16.5. The van der Waals surface area contributed by atoms with Gasteiger partial charge in [0.25, 0.3) is 0 Å². The molecule has 4 aromatic carbocycles. The molecular weight excluding hydrogens is 847 g/mol. The summed E-state index contributed by atoms with van der Waals surface area (Å²) in [6.07, 6.45) is 6.06. The number of aryl methyl sites for hydroxylation is 1. The summed E-state index contributed by atoms with van der Waals surface area (Å²) < 4.78 is 12.3. The number of amides is 2. The fourth-order valence-corrected chi connectivity index (χ4v) is 8.47. The Hall–Kier alpha value is -6.95. The highest BCUT2D eigenvalue weighted by molar-refractivity contribution is 6.00. The van der Waals surface area contributed by atoms with Gasteiger partial charge >= 0.3 is 0 Å². The predicted octanol–water partition coefficient (Wildman–Crippen LogP) is 6.90. The van der Waals surface area contributed by atoms with E-state index in [2.05, 4.69) is 46.5 Å². The number of ketones is 3. The molecule has 1 aliphatic rings. The van der Waals surface area contributed by atoms with Gasteiger partial charge in [-0.3, -0.25) is 24.0 Å².